The summed E-state index contributed by atoms with van der Waals surface area (Å²) in [5, 5.41) is 0. The highest BCUT2D eigenvalue weighted by Crippen LogP contribution is 2.18. The number of ketones is 1. The van der Waals surface area contributed by atoms with Gasteiger partial charge in [-0.3, -0.25) is 4.79 Å². The Kier molecular flexibility index (Phi) is 4.10. The molecule has 0 aromatic heterocycles. The van der Waals surface area contributed by atoms with Gasteiger partial charge in [0.2, 0.25) is 0 Å². The number of aryl methyl sites for hydroxylation is 2. The zero-order chi connectivity index (χ0) is 13.8. The zero-order valence-electron chi connectivity index (χ0n) is 11.2. The smallest absolute Gasteiger partial charge is 0.163 e. The van der Waals surface area contributed by atoms with Gasteiger partial charge in [0.05, 0.1) is 0 Å². The third-order valence-corrected chi connectivity index (χ3v) is 3.26. The first-order chi connectivity index (χ1) is 9.08. The predicted molar refractivity (Wildman–Crippen MR) is 75.0 cm³/mol. The van der Waals surface area contributed by atoms with E-state index in [1.165, 1.54) is 6.07 Å². The largest absolute Gasteiger partial charge is 0.294 e. The Morgan fingerprint density at radius 1 is 1.11 bits per heavy atom. The van der Waals surface area contributed by atoms with Crippen LogP contribution in [0.2, 0.25) is 0 Å². The maximum absolute atomic E-state index is 13.9. The first-order valence-corrected chi connectivity index (χ1v) is 6.42. The Labute approximate surface area is 113 Å². The summed E-state index contributed by atoms with van der Waals surface area (Å²) in [6, 6.07) is 12.6. The van der Waals surface area contributed by atoms with Crippen molar-refractivity contribution in [3.05, 3.63) is 70.5 Å². The van der Waals surface area contributed by atoms with Crippen LogP contribution in [0.25, 0.3) is 0 Å². The molecular formula is C17H17FO. The third-order valence-electron chi connectivity index (χ3n) is 3.26. The molecule has 2 aromatic carbocycles. The summed E-state index contributed by atoms with van der Waals surface area (Å²) in [5.74, 6) is -0.154. The van der Waals surface area contributed by atoms with Crippen molar-refractivity contribution in [2.24, 2.45) is 0 Å². The fraction of sp³-hybridized carbons (Fsp3) is 0.235. The van der Waals surface area contributed by atoms with Gasteiger partial charge in [-0.15, -0.1) is 0 Å². The van der Waals surface area contributed by atoms with Crippen LogP contribution in [-0.2, 0) is 6.42 Å². The number of hydrogen-bond donors (Lipinski definition) is 0. The van der Waals surface area contributed by atoms with Crippen LogP contribution in [0, 0.1) is 19.7 Å². The van der Waals surface area contributed by atoms with Crippen molar-refractivity contribution in [1.82, 2.24) is 0 Å². The molecule has 0 atom stereocenters. The van der Waals surface area contributed by atoms with Gasteiger partial charge in [-0.05, 0) is 43.0 Å². The number of hydrogen-bond acceptors (Lipinski definition) is 1. The van der Waals surface area contributed by atoms with Crippen molar-refractivity contribution in [3.8, 4) is 0 Å². The van der Waals surface area contributed by atoms with Gasteiger partial charge in [0.1, 0.15) is 5.82 Å². The average molecular weight is 256 g/mol. The van der Waals surface area contributed by atoms with E-state index in [0.717, 1.165) is 11.1 Å². The van der Waals surface area contributed by atoms with E-state index in [2.05, 4.69) is 0 Å². The molecule has 2 rings (SSSR count). The first-order valence-electron chi connectivity index (χ1n) is 6.42. The molecule has 0 bridgehead atoms. The van der Waals surface area contributed by atoms with Gasteiger partial charge in [0.25, 0.3) is 0 Å². The second-order valence-electron chi connectivity index (χ2n) is 4.83. The molecule has 0 amide bonds. The van der Waals surface area contributed by atoms with Crippen LogP contribution in [0.3, 0.4) is 0 Å². The summed E-state index contributed by atoms with van der Waals surface area (Å²) in [6.07, 6.45) is 0.788. The van der Waals surface area contributed by atoms with Crippen molar-refractivity contribution >= 4 is 5.78 Å². The van der Waals surface area contributed by atoms with Crippen molar-refractivity contribution < 1.29 is 9.18 Å². The van der Waals surface area contributed by atoms with Gasteiger partial charge in [-0.25, -0.2) is 4.39 Å². The molecule has 1 nitrogen and oxygen atoms in total. The number of benzene rings is 2. The standard InChI is InChI=1S/C17H17FO/c1-12-10-13(2)15(16(18)11-12)8-9-17(19)14-6-4-3-5-7-14/h3-7,10-11H,8-9H2,1-2H3. The van der Waals surface area contributed by atoms with Gasteiger partial charge in [0, 0.05) is 12.0 Å². The van der Waals surface area contributed by atoms with Gasteiger partial charge in [0.15, 0.2) is 5.78 Å². The minimum atomic E-state index is -0.210. The molecule has 0 saturated heterocycles. The van der Waals surface area contributed by atoms with Crippen molar-refractivity contribution in [1.29, 1.82) is 0 Å². The number of Topliss-reactive ketones (excluding diaryl/α,β-unsaturated/α-hetero) is 1. The van der Waals surface area contributed by atoms with Crippen LogP contribution < -0.4 is 0 Å². The summed E-state index contributed by atoms with van der Waals surface area (Å²) < 4.78 is 13.9. The molecule has 0 aliphatic carbocycles. The average Bonchev–Trinajstić information content (AvgIpc) is 2.38. The molecular weight excluding hydrogens is 239 g/mol. The lowest BCUT2D eigenvalue weighted by molar-refractivity contribution is 0.0982. The zero-order valence-corrected chi connectivity index (χ0v) is 11.2. The lowest BCUT2D eigenvalue weighted by atomic mass is 9.98. The molecule has 19 heavy (non-hydrogen) atoms. The fourth-order valence-corrected chi connectivity index (χ4v) is 2.27. The van der Waals surface area contributed by atoms with E-state index in [9.17, 15) is 9.18 Å². The summed E-state index contributed by atoms with van der Waals surface area (Å²) in [5.41, 5.74) is 3.16. The lowest BCUT2D eigenvalue weighted by Crippen LogP contribution is -2.04. The minimum Gasteiger partial charge on any atom is -0.294 e. The van der Waals surface area contributed by atoms with Gasteiger partial charge in [-0.1, -0.05) is 36.4 Å². The minimum absolute atomic E-state index is 0.0555. The molecule has 2 aromatic rings. The maximum Gasteiger partial charge on any atom is 0.163 e. The van der Waals surface area contributed by atoms with Crippen molar-refractivity contribution in [2.75, 3.05) is 0 Å². The molecule has 0 saturated carbocycles. The Morgan fingerprint density at radius 2 is 1.79 bits per heavy atom. The number of rotatable bonds is 4. The Morgan fingerprint density at radius 3 is 2.42 bits per heavy atom. The lowest BCUT2D eigenvalue weighted by Gasteiger charge is -2.08. The quantitative estimate of drug-likeness (QED) is 0.747. The second-order valence-corrected chi connectivity index (χ2v) is 4.83. The second kappa shape index (κ2) is 5.79. The van der Waals surface area contributed by atoms with E-state index >= 15 is 0 Å². The number of carbonyl (C=O) groups is 1. The van der Waals surface area contributed by atoms with E-state index in [1.54, 1.807) is 12.1 Å². The molecule has 0 unspecified atom stereocenters. The topological polar surface area (TPSA) is 17.1 Å². The van der Waals surface area contributed by atoms with Crippen LogP contribution in [0.4, 0.5) is 4.39 Å². The SMILES string of the molecule is Cc1cc(C)c(CCC(=O)c2ccccc2)c(F)c1. The van der Waals surface area contributed by atoms with E-state index in [-0.39, 0.29) is 11.6 Å². The maximum atomic E-state index is 13.9. The van der Waals surface area contributed by atoms with E-state index in [1.807, 2.05) is 38.1 Å². The molecule has 0 fully saturated rings. The molecule has 0 aliphatic heterocycles. The summed E-state index contributed by atoms with van der Waals surface area (Å²) in [7, 11) is 0. The summed E-state index contributed by atoms with van der Waals surface area (Å²) >= 11 is 0. The Hall–Kier alpha value is -1.96. The molecule has 0 N–H and O–H groups in total. The summed E-state index contributed by atoms with van der Waals surface area (Å²) in [4.78, 5) is 12.0. The fourth-order valence-electron chi connectivity index (χ4n) is 2.27. The molecule has 0 heterocycles. The molecule has 2 heteroatoms. The third kappa shape index (κ3) is 3.28. The van der Waals surface area contributed by atoms with E-state index in [0.29, 0.717) is 24.0 Å². The van der Waals surface area contributed by atoms with Crippen LogP contribution >= 0.6 is 0 Å². The highest BCUT2D eigenvalue weighted by molar-refractivity contribution is 5.96. The number of carbonyl (C=O) groups excluding carboxylic acids is 1. The highest BCUT2D eigenvalue weighted by Gasteiger charge is 2.10. The summed E-state index contributed by atoms with van der Waals surface area (Å²) in [6.45, 7) is 3.76. The highest BCUT2D eigenvalue weighted by atomic mass is 19.1. The van der Waals surface area contributed by atoms with E-state index in [4.69, 9.17) is 0 Å². The Balaban J connectivity index is 2.10. The van der Waals surface area contributed by atoms with Crippen LogP contribution in [0.15, 0.2) is 42.5 Å². The van der Waals surface area contributed by atoms with Crippen LogP contribution in [0.1, 0.15) is 33.5 Å². The van der Waals surface area contributed by atoms with Crippen molar-refractivity contribution in [3.63, 3.8) is 0 Å². The van der Waals surface area contributed by atoms with E-state index < -0.39 is 0 Å². The van der Waals surface area contributed by atoms with Gasteiger partial charge >= 0.3 is 0 Å². The monoisotopic (exact) mass is 256 g/mol. The molecule has 0 aliphatic rings. The van der Waals surface area contributed by atoms with Gasteiger partial charge < -0.3 is 0 Å². The first kappa shape index (κ1) is 13.5. The molecule has 0 spiro atoms. The van der Waals surface area contributed by atoms with Crippen LogP contribution in [-0.4, -0.2) is 5.78 Å². The normalized spacial score (nSPS) is 10.5. The predicted octanol–water partition coefficient (Wildman–Crippen LogP) is 4.26. The molecule has 98 valence electrons. The number of halogens is 1. The molecule has 0 radical (unpaired) electrons. The van der Waals surface area contributed by atoms with Crippen LogP contribution in [0.5, 0.6) is 0 Å². The van der Waals surface area contributed by atoms with Gasteiger partial charge in [-0.2, -0.15) is 0 Å². The Bertz CT molecular complexity index is 564. The van der Waals surface area contributed by atoms with Crippen molar-refractivity contribution in [2.45, 2.75) is 26.7 Å².